The topological polar surface area (TPSA) is 9.23 Å². The molecule has 0 rings (SSSR count). The molecule has 0 aromatic rings. The van der Waals surface area contributed by atoms with Gasteiger partial charge in [-0.2, -0.15) is 0 Å². The van der Waals surface area contributed by atoms with Gasteiger partial charge in [0.2, 0.25) is 0 Å². The van der Waals surface area contributed by atoms with E-state index in [1.54, 1.807) is 0 Å². The maximum atomic E-state index is 5.67. The third-order valence-electron chi connectivity index (χ3n) is 1.65. The van der Waals surface area contributed by atoms with E-state index < -0.39 is 0 Å². The number of rotatable bonds is 5. The third kappa shape index (κ3) is 8.06. The first kappa shape index (κ1) is 12.0. The van der Waals surface area contributed by atoms with Crippen LogP contribution in [0.25, 0.3) is 0 Å². The molecule has 0 aliphatic rings. The smallest absolute Gasteiger partial charge is 0.0602 e. The molecule has 0 N–H and O–H groups in total. The minimum atomic E-state index is -0.0430. The molecular formula is C11H23O. The Bertz CT molecular complexity index is 102. The summed E-state index contributed by atoms with van der Waals surface area (Å²) in [7, 11) is 0. The summed E-state index contributed by atoms with van der Waals surface area (Å²) >= 11 is 0. The van der Waals surface area contributed by atoms with Crippen LogP contribution in [-0.2, 0) is 4.74 Å². The van der Waals surface area contributed by atoms with E-state index >= 15 is 0 Å². The Balaban J connectivity index is 3.40. The summed E-state index contributed by atoms with van der Waals surface area (Å²) in [6, 6.07) is 0. The molecule has 0 fully saturated rings. The Labute approximate surface area is 77.5 Å². The molecule has 73 valence electrons. The fourth-order valence-corrected chi connectivity index (χ4v) is 1.18. The molecule has 0 bridgehead atoms. The normalized spacial score (nSPS) is 14.8. The molecule has 0 spiro atoms. The molecule has 0 saturated carbocycles. The van der Waals surface area contributed by atoms with E-state index in [9.17, 15) is 0 Å². The molecule has 1 atom stereocenters. The first-order chi connectivity index (χ1) is 5.45. The van der Waals surface area contributed by atoms with Crippen molar-refractivity contribution in [3.8, 4) is 0 Å². The van der Waals surface area contributed by atoms with E-state index in [4.69, 9.17) is 4.74 Å². The van der Waals surface area contributed by atoms with Gasteiger partial charge in [-0.3, -0.25) is 0 Å². The summed E-state index contributed by atoms with van der Waals surface area (Å²) in [6.07, 6.45) is 5.05. The summed E-state index contributed by atoms with van der Waals surface area (Å²) in [5.74, 6) is 0. The lowest BCUT2D eigenvalue weighted by Crippen LogP contribution is -2.25. The largest absolute Gasteiger partial charge is 0.373 e. The molecule has 0 aromatic carbocycles. The van der Waals surface area contributed by atoms with Gasteiger partial charge in [0.05, 0.1) is 11.7 Å². The maximum Gasteiger partial charge on any atom is 0.0602 e. The Hall–Kier alpha value is -0.0400. The standard InChI is InChI=1S/C11H23O/c1-6-7-8-9-10(2)12-11(3,4)5/h10H,2,6-9H2,1,3-5H3. The molecule has 0 aliphatic carbocycles. The molecule has 0 amide bonds. The van der Waals surface area contributed by atoms with Gasteiger partial charge in [0.15, 0.2) is 0 Å². The Morgan fingerprint density at radius 2 is 1.83 bits per heavy atom. The monoisotopic (exact) mass is 171 g/mol. The zero-order valence-electron chi connectivity index (χ0n) is 9.02. The number of ether oxygens (including phenoxy) is 1. The highest BCUT2D eigenvalue weighted by Crippen LogP contribution is 2.14. The Morgan fingerprint density at radius 3 is 2.25 bits per heavy atom. The molecule has 1 unspecified atom stereocenters. The van der Waals surface area contributed by atoms with Crippen molar-refractivity contribution < 1.29 is 4.74 Å². The minimum Gasteiger partial charge on any atom is -0.373 e. The number of unbranched alkanes of at least 4 members (excludes halogenated alkanes) is 2. The van der Waals surface area contributed by atoms with Crippen molar-refractivity contribution in [3.05, 3.63) is 6.92 Å². The number of hydrogen-bond acceptors (Lipinski definition) is 1. The fraction of sp³-hybridized carbons (Fsp3) is 0.909. The highest BCUT2D eigenvalue weighted by molar-refractivity contribution is 4.67. The van der Waals surface area contributed by atoms with Crippen molar-refractivity contribution in [1.82, 2.24) is 0 Å². The van der Waals surface area contributed by atoms with Gasteiger partial charge < -0.3 is 4.74 Å². The van der Waals surface area contributed by atoms with Crippen LogP contribution in [0.5, 0.6) is 0 Å². The lowest BCUT2D eigenvalue weighted by Gasteiger charge is -2.24. The van der Waals surface area contributed by atoms with Crippen molar-refractivity contribution in [3.63, 3.8) is 0 Å². The van der Waals surface area contributed by atoms with Crippen molar-refractivity contribution in [1.29, 1.82) is 0 Å². The van der Waals surface area contributed by atoms with Crippen LogP contribution in [0.1, 0.15) is 53.4 Å². The van der Waals surface area contributed by atoms with Crippen LogP contribution in [-0.4, -0.2) is 11.7 Å². The third-order valence-corrected chi connectivity index (χ3v) is 1.65. The van der Waals surface area contributed by atoms with Crippen molar-refractivity contribution in [2.75, 3.05) is 0 Å². The zero-order valence-corrected chi connectivity index (χ0v) is 9.02. The lowest BCUT2D eigenvalue weighted by atomic mass is 10.1. The zero-order chi connectivity index (χ0) is 9.61. The van der Waals surface area contributed by atoms with Gasteiger partial charge in [0, 0.05) is 0 Å². The maximum absolute atomic E-state index is 5.67. The molecule has 0 heterocycles. The van der Waals surface area contributed by atoms with Crippen molar-refractivity contribution in [2.45, 2.75) is 65.1 Å². The van der Waals surface area contributed by atoms with Gasteiger partial charge in [-0.05, 0) is 34.1 Å². The fourth-order valence-electron chi connectivity index (χ4n) is 1.18. The van der Waals surface area contributed by atoms with Gasteiger partial charge in [0.1, 0.15) is 0 Å². The second kappa shape index (κ2) is 5.58. The molecule has 12 heavy (non-hydrogen) atoms. The second-order valence-corrected chi connectivity index (χ2v) is 4.35. The average molecular weight is 171 g/mol. The van der Waals surface area contributed by atoms with Crippen LogP contribution in [0.15, 0.2) is 0 Å². The Kier molecular flexibility index (Phi) is 5.56. The lowest BCUT2D eigenvalue weighted by molar-refractivity contribution is -0.0430. The molecule has 0 saturated heterocycles. The molecule has 1 heteroatoms. The number of hydrogen-bond donors (Lipinski definition) is 0. The summed E-state index contributed by atoms with van der Waals surface area (Å²) in [5, 5.41) is 0. The van der Waals surface area contributed by atoms with Crippen molar-refractivity contribution >= 4 is 0 Å². The first-order valence-electron chi connectivity index (χ1n) is 4.96. The van der Waals surface area contributed by atoms with E-state index in [1.165, 1.54) is 19.3 Å². The van der Waals surface area contributed by atoms with Gasteiger partial charge in [-0.25, -0.2) is 0 Å². The SMILES string of the molecule is [CH2]C(CCCCC)OC(C)(C)C. The van der Waals surface area contributed by atoms with Gasteiger partial charge in [0.25, 0.3) is 0 Å². The first-order valence-corrected chi connectivity index (χ1v) is 4.96. The Morgan fingerprint density at radius 1 is 1.25 bits per heavy atom. The van der Waals surface area contributed by atoms with Crippen molar-refractivity contribution in [2.24, 2.45) is 0 Å². The van der Waals surface area contributed by atoms with Crippen LogP contribution >= 0.6 is 0 Å². The molecule has 0 aromatic heterocycles. The quantitative estimate of drug-likeness (QED) is 0.574. The van der Waals surface area contributed by atoms with Crippen LogP contribution in [0.4, 0.5) is 0 Å². The minimum absolute atomic E-state index is 0.0430. The molecule has 0 aliphatic heterocycles. The molecule has 1 nitrogen and oxygen atoms in total. The summed E-state index contributed by atoms with van der Waals surface area (Å²) < 4.78 is 5.67. The van der Waals surface area contributed by atoms with Gasteiger partial charge in [-0.15, -0.1) is 0 Å². The summed E-state index contributed by atoms with van der Waals surface area (Å²) in [6.45, 7) is 12.4. The van der Waals surface area contributed by atoms with Gasteiger partial charge in [-0.1, -0.05) is 26.2 Å². The second-order valence-electron chi connectivity index (χ2n) is 4.35. The van der Waals surface area contributed by atoms with Crippen LogP contribution in [0.2, 0.25) is 0 Å². The predicted molar refractivity (Wildman–Crippen MR) is 54.1 cm³/mol. The highest BCUT2D eigenvalue weighted by Gasteiger charge is 2.14. The average Bonchev–Trinajstić information content (AvgIpc) is 1.84. The van der Waals surface area contributed by atoms with Crippen LogP contribution in [0.3, 0.4) is 0 Å². The van der Waals surface area contributed by atoms with Crippen LogP contribution < -0.4 is 0 Å². The van der Waals surface area contributed by atoms with E-state index in [0.29, 0.717) is 0 Å². The predicted octanol–water partition coefficient (Wildman–Crippen LogP) is 3.58. The van der Waals surface area contributed by atoms with E-state index in [2.05, 4.69) is 34.6 Å². The molecule has 1 radical (unpaired) electrons. The summed E-state index contributed by atoms with van der Waals surface area (Å²) in [5.41, 5.74) is -0.0430. The highest BCUT2D eigenvalue weighted by atomic mass is 16.5. The van der Waals surface area contributed by atoms with E-state index in [0.717, 1.165) is 6.42 Å². The van der Waals surface area contributed by atoms with E-state index in [-0.39, 0.29) is 11.7 Å². The van der Waals surface area contributed by atoms with Crippen LogP contribution in [0, 0.1) is 6.92 Å². The molecular weight excluding hydrogens is 148 g/mol. The van der Waals surface area contributed by atoms with E-state index in [1.807, 2.05) is 0 Å². The summed E-state index contributed by atoms with van der Waals surface area (Å²) in [4.78, 5) is 0. The van der Waals surface area contributed by atoms with Gasteiger partial charge >= 0.3 is 0 Å².